The van der Waals surface area contributed by atoms with Gasteiger partial charge >= 0.3 is 19.8 Å². The van der Waals surface area contributed by atoms with Gasteiger partial charge in [-0.25, -0.2) is 4.57 Å². The average molecular weight is 780 g/mol. The Kier molecular flexibility index (Phi) is 36.8. The zero-order valence-corrected chi connectivity index (χ0v) is 34.4. The molecule has 0 spiro atoms. The van der Waals surface area contributed by atoms with Crippen molar-refractivity contribution in [3.8, 4) is 0 Å². The third kappa shape index (κ3) is 37.7. The standard InChI is InChI=1S/C43H74NO9P/c1-3-5-7-9-11-12-13-14-15-16-17-18-22-27-31-35-43(47)53-41(39-52-54(48,49)51-37-36-44)38-50-42(46)34-30-26-23-19-21-25-29-33-40(45)32-28-24-20-10-8-6-4-2/h11-12,14-15,19-20,23-25,28-29,32,40-41,45H,3-10,13,16-18,21-22,26-27,30-31,33-39,44H2,1-2H3,(H,48,49)/b12-11-,15-14-,23-19+,24-20-,29-25-,32-28-/t40-,41-/m1/s1. The zero-order valence-electron chi connectivity index (χ0n) is 33.5. The lowest BCUT2D eigenvalue weighted by Crippen LogP contribution is -2.29. The van der Waals surface area contributed by atoms with Crippen molar-refractivity contribution in [3.63, 3.8) is 0 Å². The van der Waals surface area contributed by atoms with Gasteiger partial charge in [0.25, 0.3) is 0 Å². The first-order chi connectivity index (χ1) is 26.2. The van der Waals surface area contributed by atoms with E-state index < -0.39 is 38.6 Å². The fourth-order valence-corrected chi connectivity index (χ4v) is 5.79. The van der Waals surface area contributed by atoms with E-state index in [-0.39, 0.29) is 32.6 Å². The molecular formula is C43H74NO9P. The summed E-state index contributed by atoms with van der Waals surface area (Å²) < 4.78 is 32.6. The van der Waals surface area contributed by atoms with E-state index in [0.29, 0.717) is 25.7 Å². The number of rotatable bonds is 37. The first-order valence-electron chi connectivity index (χ1n) is 20.5. The van der Waals surface area contributed by atoms with Crippen LogP contribution in [0.15, 0.2) is 72.9 Å². The van der Waals surface area contributed by atoms with Gasteiger partial charge in [0.1, 0.15) is 6.61 Å². The highest BCUT2D eigenvalue weighted by Crippen LogP contribution is 2.43. The maximum absolute atomic E-state index is 12.5. The van der Waals surface area contributed by atoms with Crippen molar-refractivity contribution in [2.24, 2.45) is 5.73 Å². The Morgan fingerprint density at radius 3 is 1.85 bits per heavy atom. The first kappa shape index (κ1) is 51.4. The van der Waals surface area contributed by atoms with Gasteiger partial charge in [-0.1, -0.05) is 132 Å². The van der Waals surface area contributed by atoms with Crippen molar-refractivity contribution >= 4 is 19.8 Å². The lowest BCUT2D eigenvalue weighted by molar-refractivity contribution is -0.161. The summed E-state index contributed by atoms with van der Waals surface area (Å²) in [5.41, 5.74) is 5.33. The van der Waals surface area contributed by atoms with E-state index in [1.54, 1.807) is 6.08 Å². The molecule has 0 rings (SSSR count). The summed E-state index contributed by atoms with van der Waals surface area (Å²) in [5, 5.41) is 10.0. The molecule has 0 radical (unpaired) electrons. The molecule has 0 aliphatic heterocycles. The second kappa shape index (κ2) is 38.7. The van der Waals surface area contributed by atoms with Gasteiger partial charge in [0.15, 0.2) is 6.10 Å². The lowest BCUT2D eigenvalue weighted by atomic mass is 10.1. The van der Waals surface area contributed by atoms with E-state index in [9.17, 15) is 24.2 Å². The maximum Gasteiger partial charge on any atom is 0.472 e. The van der Waals surface area contributed by atoms with Crippen LogP contribution in [0.4, 0.5) is 0 Å². The Labute approximate surface area is 327 Å². The summed E-state index contributed by atoms with van der Waals surface area (Å²) in [5.74, 6) is -0.959. The number of ether oxygens (including phenoxy) is 2. The molecule has 0 aromatic rings. The second-order valence-electron chi connectivity index (χ2n) is 13.3. The van der Waals surface area contributed by atoms with Crippen molar-refractivity contribution in [3.05, 3.63) is 72.9 Å². The molecule has 10 nitrogen and oxygen atoms in total. The van der Waals surface area contributed by atoms with E-state index in [4.69, 9.17) is 24.3 Å². The highest BCUT2D eigenvalue weighted by Gasteiger charge is 2.25. The molecule has 0 fully saturated rings. The maximum atomic E-state index is 12.5. The number of nitrogens with two attached hydrogens (primary N) is 1. The number of allylic oxidation sites excluding steroid dienone is 10. The van der Waals surface area contributed by atoms with Crippen LogP contribution in [0.2, 0.25) is 0 Å². The van der Waals surface area contributed by atoms with Crippen molar-refractivity contribution in [1.82, 2.24) is 0 Å². The predicted octanol–water partition coefficient (Wildman–Crippen LogP) is 10.5. The van der Waals surface area contributed by atoms with Crippen LogP contribution in [0.3, 0.4) is 0 Å². The summed E-state index contributed by atoms with van der Waals surface area (Å²) >= 11 is 0. The van der Waals surface area contributed by atoms with Gasteiger partial charge in [0.2, 0.25) is 0 Å². The normalized spacial score (nSPS) is 14.7. The number of aliphatic hydroxyl groups excluding tert-OH is 1. The third-order valence-corrected chi connectivity index (χ3v) is 9.13. The topological polar surface area (TPSA) is 155 Å². The molecule has 0 bridgehead atoms. The molecular weight excluding hydrogens is 705 g/mol. The molecule has 54 heavy (non-hydrogen) atoms. The summed E-state index contributed by atoms with van der Waals surface area (Å²) in [6.45, 7) is 3.48. The van der Waals surface area contributed by atoms with Crippen molar-refractivity contribution < 1.29 is 42.7 Å². The molecule has 0 aromatic heterocycles. The van der Waals surface area contributed by atoms with Gasteiger partial charge in [-0.3, -0.25) is 18.6 Å². The van der Waals surface area contributed by atoms with Crippen LogP contribution in [-0.2, 0) is 32.7 Å². The largest absolute Gasteiger partial charge is 0.472 e. The van der Waals surface area contributed by atoms with Crippen LogP contribution in [-0.4, -0.2) is 60.5 Å². The van der Waals surface area contributed by atoms with Crippen LogP contribution in [0.1, 0.15) is 149 Å². The van der Waals surface area contributed by atoms with Gasteiger partial charge < -0.3 is 25.2 Å². The van der Waals surface area contributed by atoms with E-state index in [1.807, 2.05) is 36.5 Å². The van der Waals surface area contributed by atoms with E-state index in [1.165, 1.54) is 38.5 Å². The molecule has 0 aliphatic carbocycles. The molecule has 0 saturated heterocycles. The monoisotopic (exact) mass is 780 g/mol. The quantitative estimate of drug-likeness (QED) is 0.0182. The van der Waals surface area contributed by atoms with Gasteiger partial charge in [-0.05, 0) is 77.0 Å². The summed E-state index contributed by atoms with van der Waals surface area (Å²) in [4.78, 5) is 34.8. The van der Waals surface area contributed by atoms with Gasteiger partial charge in [-0.15, -0.1) is 0 Å². The number of hydrogen-bond donors (Lipinski definition) is 3. The molecule has 0 saturated carbocycles. The molecule has 0 aromatic carbocycles. The molecule has 1 unspecified atom stereocenters. The van der Waals surface area contributed by atoms with Crippen LogP contribution in [0.25, 0.3) is 0 Å². The first-order valence-corrected chi connectivity index (χ1v) is 22.0. The molecule has 4 N–H and O–H groups in total. The second-order valence-corrected chi connectivity index (χ2v) is 14.8. The van der Waals surface area contributed by atoms with Gasteiger partial charge in [-0.2, -0.15) is 0 Å². The van der Waals surface area contributed by atoms with Crippen molar-refractivity contribution in [1.29, 1.82) is 0 Å². The van der Waals surface area contributed by atoms with Crippen molar-refractivity contribution in [2.45, 2.75) is 161 Å². The van der Waals surface area contributed by atoms with E-state index in [2.05, 4.69) is 44.2 Å². The fourth-order valence-electron chi connectivity index (χ4n) is 5.03. The average Bonchev–Trinajstić information content (AvgIpc) is 3.15. The number of aliphatic hydroxyl groups is 1. The fraction of sp³-hybridized carbons (Fsp3) is 0.674. The van der Waals surface area contributed by atoms with Crippen LogP contribution >= 0.6 is 7.82 Å². The Hall–Kier alpha value is -2.59. The summed E-state index contributed by atoms with van der Waals surface area (Å²) in [6, 6.07) is 0. The van der Waals surface area contributed by atoms with Crippen molar-refractivity contribution in [2.75, 3.05) is 26.4 Å². The SMILES string of the molecule is CCCCC/C=C\C=C/[C@@H](O)C/C=C\C/C=C/CCCC(=O)OC[C@H](COP(=O)(O)OCCN)OC(=O)CCCCCCC/C=C\C/C=C\CCCCC. The summed E-state index contributed by atoms with van der Waals surface area (Å²) in [7, 11) is -4.41. The van der Waals surface area contributed by atoms with Gasteiger partial charge in [0.05, 0.1) is 19.3 Å². The summed E-state index contributed by atoms with van der Waals surface area (Å²) in [6.07, 6.45) is 42.4. The minimum atomic E-state index is -4.41. The molecule has 0 aliphatic rings. The highest BCUT2D eigenvalue weighted by molar-refractivity contribution is 7.47. The van der Waals surface area contributed by atoms with E-state index in [0.717, 1.165) is 57.8 Å². The number of hydrogen-bond acceptors (Lipinski definition) is 9. The molecule has 0 heterocycles. The Balaban J connectivity index is 4.38. The highest BCUT2D eigenvalue weighted by atomic mass is 31.2. The van der Waals surface area contributed by atoms with Crippen LogP contribution in [0.5, 0.6) is 0 Å². The Morgan fingerprint density at radius 1 is 0.648 bits per heavy atom. The van der Waals surface area contributed by atoms with Crippen LogP contribution in [0, 0.1) is 0 Å². The number of esters is 2. The third-order valence-electron chi connectivity index (χ3n) is 8.15. The minimum absolute atomic E-state index is 0.0307. The number of carbonyl (C=O) groups excluding carboxylic acids is 2. The number of carbonyl (C=O) groups is 2. The minimum Gasteiger partial charge on any atom is -0.462 e. The van der Waals surface area contributed by atoms with E-state index >= 15 is 0 Å². The van der Waals surface area contributed by atoms with Gasteiger partial charge in [0, 0.05) is 19.4 Å². The predicted molar refractivity (Wildman–Crippen MR) is 221 cm³/mol. The number of phosphoric ester groups is 1. The molecule has 3 atom stereocenters. The lowest BCUT2D eigenvalue weighted by Gasteiger charge is -2.19. The molecule has 11 heteroatoms. The smallest absolute Gasteiger partial charge is 0.462 e. The zero-order chi connectivity index (χ0) is 39.8. The molecule has 0 amide bonds. The Bertz CT molecular complexity index is 1130. The Morgan fingerprint density at radius 2 is 1.20 bits per heavy atom. The number of phosphoric acid groups is 1. The molecule has 310 valence electrons. The van der Waals surface area contributed by atoms with Crippen LogP contribution < -0.4 is 5.73 Å². The number of unbranched alkanes of at least 4 members (excludes halogenated alkanes) is 12.